The Morgan fingerprint density at radius 2 is 1.89 bits per heavy atom. The number of esters is 1. The number of methoxy groups -OCH3 is 1. The van der Waals surface area contributed by atoms with Gasteiger partial charge in [0.15, 0.2) is 0 Å². The molecule has 0 spiro atoms. The van der Waals surface area contributed by atoms with Gasteiger partial charge in [-0.1, -0.05) is 12.1 Å². The summed E-state index contributed by atoms with van der Waals surface area (Å²) >= 11 is 0. The van der Waals surface area contributed by atoms with E-state index in [4.69, 9.17) is 9.47 Å². The number of nitrogens with one attached hydrogen (secondary N) is 3. The molecule has 1 aliphatic heterocycles. The zero-order valence-corrected chi connectivity index (χ0v) is 21.2. The number of anilines is 1. The van der Waals surface area contributed by atoms with Gasteiger partial charge in [0.25, 0.3) is 5.56 Å². The summed E-state index contributed by atoms with van der Waals surface area (Å²) in [6.07, 6.45) is 2.89. The molecule has 0 fully saturated rings. The third kappa shape index (κ3) is 5.75. The largest absolute Gasteiger partial charge is 0.481 e. The standard InChI is InChI=1S/C26H28N6O6/c1-4-27-25(35)30-19-7-5-17(6-8-19)13-32-23(33)16(2)21-12-29-20(14-31(21)26(32)36)24(34)38-15-18-9-10-28-22(11-18)37-3/h5-11,14,29H,4,12-13,15H2,1-3H3,(H2,27,30,35). The molecule has 3 aromatic rings. The predicted octanol–water partition coefficient (Wildman–Crippen LogP) is 1.56. The van der Waals surface area contributed by atoms with Gasteiger partial charge in [-0.15, -0.1) is 0 Å². The molecule has 0 bridgehead atoms. The molecule has 0 unspecified atom stereocenters. The molecule has 0 saturated carbocycles. The van der Waals surface area contributed by atoms with Crippen LogP contribution in [0.3, 0.4) is 0 Å². The summed E-state index contributed by atoms with van der Waals surface area (Å²) in [7, 11) is 1.49. The Morgan fingerprint density at radius 3 is 2.61 bits per heavy atom. The van der Waals surface area contributed by atoms with Crippen LogP contribution in [0.4, 0.5) is 10.5 Å². The van der Waals surface area contributed by atoms with Gasteiger partial charge in [0.1, 0.15) is 12.3 Å². The van der Waals surface area contributed by atoms with Gasteiger partial charge in [0.2, 0.25) is 5.88 Å². The molecule has 0 radical (unpaired) electrons. The molecule has 3 heterocycles. The van der Waals surface area contributed by atoms with E-state index in [1.807, 2.05) is 6.92 Å². The van der Waals surface area contributed by atoms with Crippen molar-refractivity contribution in [2.45, 2.75) is 33.5 Å². The second-order valence-electron chi connectivity index (χ2n) is 8.48. The van der Waals surface area contributed by atoms with Gasteiger partial charge in [-0.05, 0) is 43.2 Å². The maximum atomic E-state index is 13.3. The Bertz CT molecular complexity index is 1510. The van der Waals surface area contributed by atoms with Crippen LogP contribution in [0.1, 0.15) is 29.3 Å². The Morgan fingerprint density at radius 1 is 1.13 bits per heavy atom. The van der Waals surface area contributed by atoms with Crippen molar-refractivity contribution in [1.82, 2.24) is 24.8 Å². The van der Waals surface area contributed by atoms with Crippen molar-refractivity contribution in [3.05, 3.63) is 91.5 Å². The van der Waals surface area contributed by atoms with Gasteiger partial charge < -0.3 is 25.4 Å². The summed E-state index contributed by atoms with van der Waals surface area (Å²) in [5.74, 6) is -0.251. The topological polar surface area (TPSA) is 146 Å². The van der Waals surface area contributed by atoms with E-state index in [1.165, 1.54) is 17.9 Å². The number of rotatable bonds is 8. The maximum absolute atomic E-state index is 13.3. The van der Waals surface area contributed by atoms with Crippen LogP contribution in [0.15, 0.2) is 57.9 Å². The molecule has 0 saturated heterocycles. The molecule has 0 atom stereocenters. The lowest BCUT2D eigenvalue weighted by Crippen LogP contribution is -2.44. The number of carbonyl (C=O) groups excluding carboxylic acids is 2. The number of benzene rings is 1. The zero-order chi connectivity index (χ0) is 27.2. The molecule has 198 valence electrons. The van der Waals surface area contributed by atoms with E-state index in [-0.39, 0.29) is 31.4 Å². The lowest BCUT2D eigenvalue weighted by atomic mass is 10.1. The normalized spacial score (nSPS) is 12.0. The number of ether oxygens (including phenoxy) is 2. The lowest BCUT2D eigenvalue weighted by Gasteiger charge is -2.22. The summed E-state index contributed by atoms with van der Waals surface area (Å²) in [5.41, 5.74) is 1.91. The van der Waals surface area contributed by atoms with Gasteiger partial charge in [-0.2, -0.15) is 0 Å². The van der Waals surface area contributed by atoms with Crippen LogP contribution < -0.4 is 31.9 Å². The molecule has 2 amide bonds. The maximum Gasteiger partial charge on any atom is 0.356 e. The van der Waals surface area contributed by atoms with Crippen molar-refractivity contribution in [2.24, 2.45) is 0 Å². The molecule has 38 heavy (non-hydrogen) atoms. The fraction of sp³-hybridized carbons (Fsp3) is 0.269. The van der Waals surface area contributed by atoms with Crippen molar-refractivity contribution in [1.29, 1.82) is 0 Å². The highest BCUT2D eigenvalue weighted by Crippen LogP contribution is 2.15. The van der Waals surface area contributed by atoms with Gasteiger partial charge in [0.05, 0.1) is 25.9 Å². The first-order chi connectivity index (χ1) is 18.3. The minimum absolute atomic E-state index is 0.0119. The van der Waals surface area contributed by atoms with Crippen molar-refractivity contribution >= 4 is 23.9 Å². The summed E-state index contributed by atoms with van der Waals surface area (Å²) < 4.78 is 12.9. The van der Waals surface area contributed by atoms with Gasteiger partial charge >= 0.3 is 17.7 Å². The molecule has 1 aromatic carbocycles. The van der Waals surface area contributed by atoms with Gasteiger partial charge in [-0.25, -0.2) is 19.4 Å². The molecule has 12 heteroatoms. The summed E-state index contributed by atoms with van der Waals surface area (Å²) in [4.78, 5) is 54.7. The second kappa shape index (κ2) is 11.5. The van der Waals surface area contributed by atoms with E-state index < -0.39 is 17.2 Å². The third-order valence-electron chi connectivity index (χ3n) is 5.92. The molecule has 2 aromatic heterocycles. The van der Waals surface area contributed by atoms with E-state index >= 15 is 0 Å². The average Bonchev–Trinajstić information content (AvgIpc) is 2.93. The highest BCUT2D eigenvalue weighted by Gasteiger charge is 2.23. The van der Waals surface area contributed by atoms with E-state index in [0.29, 0.717) is 40.5 Å². The molecule has 3 N–H and O–H groups in total. The van der Waals surface area contributed by atoms with Crippen LogP contribution in [0, 0.1) is 6.92 Å². The SMILES string of the molecule is CCNC(=O)Nc1ccc(Cn2c(=O)c(C)c3n(c2=O)C=C(C(=O)OCc2ccnc(OC)c2)NC3)cc1. The number of amides is 2. The van der Waals surface area contributed by atoms with Crippen LogP contribution >= 0.6 is 0 Å². The number of hydrogen-bond acceptors (Lipinski definition) is 8. The monoisotopic (exact) mass is 520 g/mol. The fourth-order valence-electron chi connectivity index (χ4n) is 3.90. The van der Waals surface area contributed by atoms with E-state index in [2.05, 4.69) is 20.9 Å². The number of hydrogen-bond donors (Lipinski definition) is 3. The Hall–Kier alpha value is -4.87. The second-order valence-corrected chi connectivity index (χ2v) is 8.48. The first-order valence-electron chi connectivity index (χ1n) is 11.9. The lowest BCUT2D eigenvalue weighted by molar-refractivity contribution is -0.140. The third-order valence-corrected chi connectivity index (χ3v) is 5.92. The van der Waals surface area contributed by atoms with Crippen LogP contribution in [0.5, 0.6) is 5.88 Å². The van der Waals surface area contributed by atoms with E-state index in [9.17, 15) is 19.2 Å². The first-order valence-corrected chi connectivity index (χ1v) is 11.9. The van der Waals surface area contributed by atoms with Crippen LogP contribution in [0.2, 0.25) is 0 Å². The Labute approximate surface area is 217 Å². The summed E-state index contributed by atoms with van der Waals surface area (Å²) in [6.45, 7) is 4.07. The first kappa shape index (κ1) is 26.2. The predicted molar refractivity (Wildman–Crippen MR) is 140 cm³/mol. The van der Waals surface area contributed by atoms with Crippen molar-refractivity contribution in [3.63, 3.8) is 0 Å². The van der Waals surface area contributed by atoms with Crippen LogP contribution in [-0.4, -0.2) is 39.8 Å². The minimum atomic E-state index is -0.649. The van der Waals surface area contributed by atoms with Gasteiger partial charge in [0, 0.05) is 36.3 Å². The zero-order valence-electron chi connectivity index (χ0n) is 21.2. The molecule has 0 aliphatic carbocycles. The Kier molecular flexibility index (Phi) is 7.90. The molecular formula is C26H28N6O6. The van der Waals surface area contributed by atoms with Crippen LogP contribution in [-0.2, 0) is 29.2 Å². The number of urea groups is 1. The van der Waals surface area contributed by atoms with Crippen LogP contribution in [0.25, 0.3) is 6.20 Å². The highest BCUT2D eigenvalue weighted by molar-refractivity contribution is 5.91. The summed E-state index contributed by atoms with van der Waals surface area (Å²) in [6, 6.07) is 9.85. The van der Waals surface area contributed by atoms with Crippen molar-refractivity contribution in [3.8, 4) is 5.88 Å². The Balaban J connectivity index is 1.54. The summed E-state index contributed by atoms with van der Waals surface area (Å²) in [5, 5.41) is 8.27. The number of aromatic nitrogens is 3. The molecular weight excluding hydrogens is 492 g/mol. The smallest absolute Gasteiger partial charge is 0.356 e. The van der Waals surface area contributed by atoms with Crippen molar-refractivity contribution in [2.75, 3.05) is 19.0 Å². The molecule has 4 rings (SSSR count). The van der Waals surface area contributed by atoms with E-state index in [1.54, 1.807) is 49.5 Å². The average molecular weight is 521 g/mol. The minimum Gasteiger partial charge on any atom is -0.481 e. The van der Waals surface area contributed by atoms with Gasteiger partial charge in [-0.3, -0.25) is 13.9 Å². The van der Waals surface area contributed by atoms with Crippen molar-refractivity contribution < 1.29 is 19.1 Å². The number of fused-ring (bicyclic) bond motifs is 1. The highest BCUT2D eigenvalue weighted by atomic mass is 16.5. The number of pyridine rings is 1. The molecule has 1 aliphatic rings. The number of nitrogens with zero attached hydrogens (tertiary/aromatic N) is 3. The number of carbonyl (C=O) groups is 2. The fourth-order valence-corrected chi connectivity index (χ4v) is 3.90. The quantitative estimate of drug-likeness (QED) is 0.380. The van der Waals surface area contributed by atoms with E-state index in [0.717, 1.165) is 4.57 Å². The molecule has 12 nitrogen and oxygen atoms in total.